The van der Waals surface area contributed by atoms with Crippen molar-refractivity contribution in [3.8, 4) is 11.1 Å². The first kappa shape index (κ1) is 19.9. The number of hydrogen-bond donors (Lipinski definition) is 3. The number of primary amides is 1. The molecule has 1 saturated heterocycles. The fraction of sp³-hybridized carbons (Fsp3) is 0.318. The summed E-state index contributed by atoms with van der Waals surface area (Å²) < 4.78 is 1.73. The highest BCUT2D eigenvalue weighted by Crippen LogP contribution is 2.29. The quantitative estimate of drug-likeness (QED) is 0.601. The largest absolute Gasteiger partial charge is 0.380 e. The van der Waals surface area contributed by atoms with Crippen LogP contribution < -0.4 is 16.4 Å². The summed E-state index contributed by atoms with van der Waals surface area (Å²) in [5.41, 5.74) is 9.93. The number of carbonyl (C=O) groups is 2. The summed E-state index contributed by atoms with van der Waals surface area (Å²) in [5.74, 6) is -0.465. The molecule has 0 spiro atoms. The molecule has 1 aromatic carbocycles. The van der Waals surface area contributed by atoms with Crippen LogP contribution in [-0.4, -0.2) is 58.5 Å². The molecule has 0 unspecified atom stereocenters. The monoisotopic (exact) mass is 406 g/mol. The molecule has 2 amide bonds. The zero-order valence-electron chi connectivity index (χ0n) is 17.2. The van der Waals surface area contributed by atoms with E-state index >= 15 is 0 Å². The first-order chi connectivity index (χ1) is 14.4. The van der Waals surface area contributed by atoms with Gasteiger partial charge in [-0.1, -0.05) is 12.1 Å². The number of rotatable bonds is 5. The van der Waals surface area contributed by atoms with Crippen LogP contribution in [0.15, 0.2) is 42.7 Å². The Balaban J connectivity index is 1.66. The van der Waals surface area contributed by atoms with Gasteiger partial charge >= 0.3 is 0 Å². The van der Waals surface area contributed by atoms with Gasteiger partial charge in [0.25, 0.3) is 11.8 Å². The molecule has 4 rings (SSSR count). The molecule has 156 valence electrons. The van der Waals surface area contributed by atoms with Crippen LogP contribution in [0, 0.1) is 0 Å². The minimum absolute atomic E-state index is 0.0567. The van der Waals surface area contributed by atoms with Crippen LogP contribution in [0.3, 0.4) is 0 Å². The van der Waals surface area contributed by atoms with Crippen LogP contribution in [0.4, 0.5) is 5.69 Å². The Morgan fingerprint density at radius 1 is 1.13 bits per heavy atom. The van der Waals surface area contributed by atoms with Gasteiger partial charge in [0.15, 0.2) is 0 Å². The van der Waals surface area contributed by atoms with Gasteiger partial charge in [-0.2, -0.15) is 5.10 Å². The second-order valence-electron chi connectivity index (χ2n) is 7.77. The van der Waals surface area contributed by atoms with Gasteiger partial charge in [0.2, 0.25) is 0 Å². The Hall–Kier alpha value is -3.39. The number of amides is 2. The van der Waals surface area contributed by atoms with Crippen molar-refractivity contribution in [2.24, 2.45) is 5.73 Å². The number of carbonyl (C=O) groups excluding carboxylic acids is 2. The number of nitrogens with two attached hydrogens (primary N) is 1. The summed E-state index contributed by atoms with van der Waals surface area (Å²) in [7, 11) is 0. The third kappa shape index (κ3) is 3.86. The molecule has 3 aromatic rings. The average molecular weight is 406 g/mol. The fourth-order valence-electron chi connectivity index (χ4n) is 3.70. The molecule has 0 atom stereocenters. The van der Waals surface area contributed by atoms with Gasteiger partial charge < -0.3 is 21.3 Å². The Bertz CT molecular complexity index is 1080. The van der Waals surface area contributed by atoms with Crippen LogP contribution in [-0.2, 0) is 0 Å². The summed E-state index contributed by atoms with van der Waals surface area (Å²) in [6.45, 7) is 7.11. The molecule has 0 aliphatic carbocycles. The van der Waals surface area contributed by atoms with Crippen LogP contribution in [0.5, 0.6) is 0 Å². The van der Waals surface area contributed by atoms with Gasteiger partial charge in [0, 0.05) is 49.5 Å². The number of anilines is 1. The molecule has 2 aromatic heterocycles. The molecule has 1 fully saturated rings. The first-order valence-corrected chi connectivity index (χ1v) is 10.1. The highest BCUT2D eigenvalue weighted by Gasteiger charge is 2.19. The second-order valence-corrected chi connectivity index (χ2v) is 7.77. The third-order valence-corrected chi connectivity index (χ3v) is 5.20. The summed E-state index contributed by atoms with van der Waals surface area (Å²) in [6, 6.07) is 9.69. The van der Waals surface area contributed by atoms with Crippen LogP contribution in [0.25, 0.3) is 16.6 Å². The number of aromatic nitrogens is 2. The van der Waals surface area contributed by atoms with Crippen molar-refractivity contribution in [2.75, 3.05) is 31.5 Å². The van der Waals surface area contributed by atoms with E-state index in [1.165, 1.54) is 6.20 Å². The summed E-state index contributed by atoms with van der Waals surface area (Å²) >= 11 is 0. The molecule has 0 saturated carbocycles. The van der Waals surface area contributed by atoms with Crippen molar-refractivity contribution in [3.63, 3.8) is 0 Å². The molecule has 0 radical (unpaired) electrons. The number of hydrogen-bond acceptors (Lipinski definition) is 5. The van der Waals surface area contributed by atoms with Crippen LogP contribution >= 0.6 is 0 Å². The number of nitrogens with one attached hydrogen (secondary N) is 2. The Morgan fingerprint density at radius 3 is 2.47 bits per heavy atom. The lowest BCUT2D eigenvalue weighted by Gasteiger charge is -2.27. The number of benzene rings is 1. The van der Waals surface area contributed by atoms with E-state index in [0.717, 1.165) is 42.8 Å². The average Bonchev–Trinajstić information content (AvgIpc) is 3.18. The zero-order chi connectivity index (χ0) is 21.3. The van der Waals surface area contributed by atoms with E-state index in [4.69, 9.17) is 5.73 Å². The van der Waals surface area contributed by atoms with Gasteiger partial charge in [-0.3, -0.25) is 9.59 Å². The van der Waals surface area contributed by atoms with E-state index in [2.05, 4.69) is 15.7 Å². The smallest absolute Gasteiger partial charge is 0.253 e. The third-order valence-electron chi connectivity index (χ3n) is 5.20. The van der Waals surface area contributed by atoms with E-state index in [1.807, 2.05) is 55.3 Å². The Labute approximate surface area is 175 Å². The maximum Gasteiger partial charge on any atom is 0.253 e. The van der Waals surface area contributed by atoms with Gasteiger partial charge in [-0.05, 0) is 37.6 Å². The molecule has 1 aliphatic rings. The number of nitrogens with zero attached hydrogens (tertiary/aromatic N) is 3. The minimum Gasteiger partial charge on any atom is -0.380 e. The molecule has 4 N–H and O–H groups in total. The molecular weight excluding hydrogens is 380 g/mol. The molecule has 8 nitrogen and oxygen atoms in total. The Morgan fingerprint density at radius 2 is 1.83 bits per heavy atom. The fourth-order valence-corrected chi connectivity index (χ4v) is 3.70. The first-order valence-electron chi connectivity index (χ1n) is 10.1. The molecular formula is C22H26N6O2. The van der Waals surface area contributed by atoms with Gasteiger partial charge in [-0.15, -0.1) is 0 Å². The second kappa shape index (κ2) is 8.16. The topological polar surface area (TPSA) is 105 Å². The predicted molar refractivity (Wildman–Crippen MR) is 117 cm³/mol. The lowest BCUT2D eigenvalue weighted by molar-refractivity contribution is 0.0735. The van der Waals surface area contributed by atoms with Gasteiger partial charge in [0.05, 0.1) is 23.0 Å². The van der Waals surface area contributed by atoms with E-state index in [1.54, 1.807) is 4.52 Å². The van der Waals surface area contributed by atoms with E-state index < -0.39 is 5.91 Å². The molecule has 1 aliphatic heterocycles. The SMILES string of the molecule is CC(C)Nc1c(C(N)=O)cnn2cc(-c3ccc(C(=O)N4CCNCC4)cc3)cc12. The van der Waals surface area contributed by atoms with Crippen LogP contribution in [0.1, 0.15) is 34.6 Å². The maximum atomic E-state index is 12.7. The summed E-state index contributed by atoms with van der Waals surface area (Å²) in [4.78, 5) is 26.4. The van der Waals surface area contributed by atoms with E-state index in [0.29, 0.717) is 16.8 Å². The standard InChI is InChI=1S/C22H26N6O2/c1-14(2)26-20-18(21(23)29)12-25-28-13-17(11-19(20)28)15-3-5-16(6-4-15)22(30)27-9-7-24-8-10-27/h3-6,11-14,24,26H,7-10H2,1-2H3,(H2,23,29). The Kier molecular flexibility index (Phi) is 5.41. The van der Waals surface area contributed by atoms with Gasteiger partial charge in [-0.25, -0.2) is 4.52 Å². The highest BCUT2D eigenvalue weighted by molar-refractivity contribution is 6.02. The molecule has 8 heteroatoms. The van der Waals surface area contributed by atoms with Crippen molar-refractivity contribution >= 4 is 23.0 Å². The van der Waals surface area contributed by atoms with Crippen molar-refractivity contribution in [3.05, 3.63) is 53.9 Å². The molecule has 0 bridgehead atoms. The number of piperazine rings is 1. The van der Waals surface area contributed by atoms with Crippen molar-refractivity contribution in [1.29, 1.82) is 0 Å². The predicted octanol–water partition coefficient (Wildman–Crippen LogP) is 1.97. The molecule has 30 heavy (non-hydrogen) atoms. The summed E-state index contributed by atoms with van der Waals surface area (Å²) in [6.07, 6.45) is 3.39. The van der Waals surface area contributed by atoms with E-state index in [-0.39, 0.29) is 11.9 Å². The molecule has 3 heterocycles. The number of fused-ring (bicyclic) bond motifs is 1. The lowest BCUT2D eigenvalue weighted by atomic mass is 10.1. The van der Waals surface area contributed by atoms with Crippen molar-refractivity contribution in [2.45, 2.75) is 19.9 Å². The highest BCUT2D eigenvalue weighted by atomic mass is 16.2. The van der Waals surface area contributed by atoms with Crippen LogP contribution in [0.2, 0.25) is 0 Å². The maximum absolute atomic E-state index is 12.7. The van der Waals surface area contributed by atoms with E-state index in [9.17, 15) is 9.59 Å². The minimum atomic E-state index is -0.522. The van der Waals surface area contributed by atoms with Crippen molar-refractivity contribution < 1.29 is 9.59 Å². The lowest BCUT2D eigenvalue weighted by Crippen LogP contribution is -2.46. The normalized spacial score (nSPS) is 14.3. The van der Waals surface area contributed by atoms with Crippen molar-refractivity contribution in [1.82, 2.24) is 19.8 Å². The van der Waals surface area contributed by atoms with Gasteiger partial charge in [0.1, 0.15) is 0 Å². The summed E-state index contributed by atoms with van der Waals surface area (Å²) in [5, 5.41) is 10.9. The zero-order valence-corrected chi connectivity index (χ0v) is 17.2.